The van der Waals surface area contributed by atoms with Crippen LogP contribution in [-0.4, -0.2) is 42.1 Å². The van der Waals surface area contributed by atoms with Crippen LogP contribution in [0, 0.1) is 0 Å². The van der Waals surface area contributed by atoms with Crippen molar-refractivity contribution in [2.45, 2.75) is 37.5 Å². The van der Waals surface area contributed by atoms with Crippen LogP contribution in [0.2, 0.25) is 0 Å². The Morgan fingerprint density at radius 2 is 1.10 bits per heavy atom. The number of hydrogen-bond donors (Lipinski definition) is 0. The first-order valence-corrected chi connectivity index (χ1v) is 5.99. The van der Waals surface area contributed by atoms with E-state index >= 15 is 0 Å². The lowest BCUT2D eigenvalue weighted by Crippen LogP contribution is -2.23. The van der Waals surface area contributed by atoms with Crippen molar-refractivity contribution in [3.63, 3.8) is 0 Å². The molecule has 0 amide bonds. The fourth-order valence-electron chi connectivity index (χ4n) is 0.913. The largest absolute Gasteiger partial charge is 0.391 e. The molecule has 0 aliphatic heterocycles. The van der Waals surface area contributed by atoms with Crippen LogP contribution in [0.15, 0.2) is 0 Å². The number of halogens is 8. The first kappa shape index (κ1) is 19.5. The third-order valence-corrected chi connectivity index (χ3v) is 2.25. The molecular weight excluding hydrogens is 328 g/mol. The molecule has 0 saturated carbocycles. The maximum absolute atomic E-state index is 12.6. The van der Waals surface area contributed by atoms with Gasteiger partial charge in [0.1, 0.15) is 12.3 Å². The molecule has 0 bridgehead atoms. The van der Waals surface area contributed by atoms with Crippen molar-refractivity contribution in [2.75, 3.05) is 13.2 Å². The molecule has 0 aromatic carbocycles. The molecule has 20 heavy (non-hydrogen) atoms. The lowest BCUT2D eigenvalue weighted by Gasteiger charge is -2.12. The molecule has 0 fully saturated rings. The first-order valence-electron chi connectivity index (χ1n) is 4.99. The lowest BCUT2D eigenvalue weighted by atomic mass is 10.3. The van der Waals surface area contributed by atoms with Crippen LogP contribution >= 0.6 is 0 Å². The normalized spacial score (nSPS) is 17.8. The Morgan fingerprint density at radius 3 is 1.35 bits per heavy atom. The summed E-state index contributed by atoms with van der Waals surface area (Å²) in [5.74, 6) is 0. The fourth-order valence-corrected chi connectivity index (χ4v) is 1.50. The van der Waals surface area contributed by atoms with E-state index in [-0.39, 0.29) is 0 Å². The summed E-state index contributed by atoms with van der Waals surface area (Å²) in [5, 5.41) is 0. The summed E-state index contributed by atoms with van der Waals surface area (Å²) in [5.41, 5.74) is 0. The average molecular weight is 338 g/mol. The minimum Gasteiger partial charge on any atom is -0.265 e. The Labute approximate surface area is 111 Å². The Hall–Kier alpha value is -0.490. The second-order valence-corrected chi connectivity index (χ2v) is 4.49. The van der Waals surface area contributed by atoms with Gasteiger partial charge in [0.25, 0.3) is 0 Å². The zero-order valence-corrected chi connectivity index (χ0v) is 10.5. The van der Waals surface area contributed by atoms with E-state index in [9.17, 15) is 39.3 Å². The summed E-state index contributed by atoms with van der Waals surface area (Å²) < 4.78 is 114. The fraction of sp³-hybridized carbons (Fsp3) is 1.00. The van der Waals surface area contributed by atoms with Crippen molar-refractivity contribution in [2.24, 2.45) is 0 Å². The molecule has 0 N–H and O–H groups in total. The predicted molar refractivity (Wildman–Crippen MR) is 51.2 cm³/mol. The molecule has 122 valence electrons. The average Bonchev–Trinajstić information content (AvgIpc) is 2.18. The summed E-state index contributed by atoms with van der Waals surface area (Å²) >= 11 is -2.83. The Bertz CT molecular complexity index is 277. The highest BCUT2D eigenvalue weighted by Crippen LogP contribution is 2.24. The van der Waals surface area contributed by atoms with Crippen molar-refractivity contribution < 1.29 is 47.7 Å². The van der Waals surface area contributed by atoms with E-state index < -0.39 is 62.1 Å². The monoisotopic (exact) mass is 338 g/mol. The van der Waals surface area contributed by atoms with Crippen LogP contribution in [0.25, 0.3) is 0 Å². The van der Waals surface area contributed by atoms with Gasteiger partial charge in [-0.1, -0.05) is 0 Å². The van der Waals surface area contributed by atoms with Gasteiger partial charge in [-0.3, -0.25) is 8.37 Å². The molecule has 0 aliphatic rings. The first-order chi connectivity index (χ1) is 8.89. The Morgan fingerprint density at radius 1 is 0.800 bits per heavy atom. The predicted octanol–water partition coefficient (Wildman–Crippen LogP) is 3.18. The summed E-state index contributed by atoms with van der Waals surface area (Å²) in [6, 6.07) is 0. The molecule has 0 aromatic rings. The third-order valence-electron chi connectivity index (χ3n) is 1.60. The molecule has 3 nitrogen and oxygen atoms in total. The maximum Gasteiger partial charge on any atom is 0.391 e. The van der Waals surface area contributed by atoms with E-state index in [1.54, 1.807) is 0 Å². The number of hydrogen-bond acceptors (Lipinski definition) is 3. The minimum absolute atomic E-state index is 1.25. The third kappa shape index (κ3) is 12.5. The molecule has 0 spiro atoms. The number of alkyl halides is 8. The smallest absolute Gasteiger partial charge is 0.265 e. The summed E-state index contributed by atoms with van der Waals surface area (Å²) in [7, 11) is 0. The Balaban J connectivity index is 3.84. The molecule has 0 heterocycles. The summed E-state index contributed by atoms with van der Waals surface area (Å²) in [6.07, 6.45) is -18.3. The Kier molecular flexibility index (Phi) is 7.88. The van der Waals surface area contributed by atoms with Gasteiger partial charge in [0.05, 0.1) is 26.1 Å². The lowest BCUT2D eigenvalue weighted by molar-refractivity contribution is -0.148. The van der Waals surface area contributed by atoms with Crippen molar-refractivity contribution in [3.8, 4) is 0 Å². The second-order valence-electron chi connectivity index (χ2n) is 3.61. The number of rotatable bonds is 8. The van der Waals surface area contributed by atoms with Gasteiger partial charge in [0.15, 0.2) is 0 Å². The van der Waals surface area contributed by atoms with Gasteiger partial charge in [-0.25, -0.2) is 8.78 Å². The van der Waals surface area contributed by atoms with Crippen LogP contribution in [0.5, 0.6) is 0 Å². The van der Waals surface area contributed by atoms with Gasteiger partial charge in [0, 0.05) is 0 Å². The molecule has 0 aromatic heterocycles. The molecule has 0 aliphatic carbocycles. The van der Waals surface area contributed by atoms with Crippen molar-refractivity contribution >= 4 is 11.4 Å². The zero-order chi connectivity index (χ0) is 16.0. The van der Waals surface area contributed by atoms with Crippen LogP contribution < -0.4 is 0 Å². The van der Waals surface area contributed by atoms with E-state index in [0.29, 0.717) is 0 Å². The van der Waals surface area contributed by atoms with Crippen molar-refractivity contribution in [1.82, 2.24) is 0 Å². The summed E-state index contributed by atoms with van der Waals surface area (Å²) in [4.78, 5) is 0. The molecule has 2 unspecified atom stereocenters. The van der Waals surface area contributed by atoms with Gasteiger partial charge in [0.2, 0.25) is 0 Å². The highest BCUT2D eigenvalue weighted by atomic mass is 32.2. The van der Waals surface area contributed by atoms with Gasteiger partial charge in [-0.15, -0.1) is 0 Å². The van der Waals surface area contributed by atoms with Gasteiger partial charge in [-0.2, -0.15) is 30.6 Å². The van der Waals surface area contributed by atoms with Gasteiger partial charge in [-0.05, 0) is 0 Å². The van der Waals surface area contributed by atoms with Crippen LogP contribution in [0.1, 0.15) is 12.8 Å². The molecular formula is C8H10F8O3S. The second kappa shape index (κ2) is 8.08. The van der Waals surface area contributed by atoms with Crippen LogP contribution in [-0.2, 0) is 19.7 Å². The van der Waals surface area contributed by atoms with Gasteiger partial charge < -0.3 is 0 Å². The molecule has 0 rings (SSSR count). The highest BCUT2D eigenvalue weighted by Gasteiger charge is 2.33. The molecule has 12 heteroatoms. The van der Waals surface area contributed by atoms with Crippen LogP contribution in [0.4, 0.5) is 35.1 Å². The van der Waals surface area contributed by atoms with E-state index in [2.05, 4.69) is 8.37 Å². The van der Waals surface area contributed by atoms with E-state index in [4.69, 9.17) is 0 Å². The maximum atomic E-state index is 12.6. The van der Waals surface area contributed by atoms with E-state index in [0.717, 1.165) is 0 Å². The van der Waals surface area contributed by atoms with Crippen LogP contribution in [0.3, 0.4) is 0 Å². The molecule has 0 radical (unpaired) electrons. The SMILES string of the molecule is O=S(OCC(F)CC(F)(F)F)OCC(F)CC(F)(F)F. The zero-order valence-electron chi connectivity index (χ0n) is 9.64. The molecule has 0 saturated heterocycles. The highest BCUT2D eigenvalue weighted by molar-refractivity contribution is 7.75. The quantitative estimate of drug-likeness (QED) is 0.638. The minimum atomic E-state index is -4.79. The molecule has 2 atom stereocenters. The van der Waals surface area contributed by atoms with Crippen molar-refractivity contribution in [1.29, 1.82) is 0 Å². The topological polar surface area (TPSA) is 35.5 Å². The van der Waals surface area contributed by atoms with Crippen molar-refractivity contribution in [3.05, 3.63) is 0 Å². The van der Waals surface area contributed by atoms with E-state index in [1.165, 1.54) is 0 Å². The van der Waals surface area contributed by atoms with E-state index in [1.807, 2.05) is 0 Å². The van der Waals surface area contributed by atoms with Gasteiger partial charge >= 0.3 is 23.7 Å². The standard InChI is InChI=1S/C8H10F8O3S/c9-5(1-7(11,12)13)3-18-20(17)19-4-6(10)2-8(14,15)16/h5-6H,1-4H2. The summed E-state index contributed by atoms with van der Waals surface area (Å²) in [6.45, 7) is -2.50.